The second-order valence-corrected chi connectivity index (χ2v) is 6.94. The molecule has 0 radical (unpaired) electrons. The fraction of sp³-hybridized carbons (Fsp3) is 0.120. The Bertz CT molecular complexity index is 1060. The molecule has 0 aliphatic heterocycles. The fourth-order valence-electron chi connectivity index (χ4n) is 2.73. The van der Waals surface area contributed by atoms with Crippen LogP contribution in [-0.2, 0) is 11.2 Å². The Hall–Kier alpha value is -3.55. The molecule has 0 fully saturated rings. The Labute approximate surface area is 180 Å². The van der Waals surface area contributed by atoms with E-state index in [1.54, 1.807) is 54.6 Å². The van der Waals surface area contributed by atoms with Crippen molar-refractivity contribution in [2.45, 2.75) is 13.3 Å². The summed E-state index contributed by atoms with van der Waals surface area (Å²) in [7, 11) is 0. The van der Waals surface area contributed by atoms with Crippen molar-refractivity contribution in [3.05, 3.63) is 94.5 Å². The predicted molar refractivity (Wildman–Crippen MR) is 118 cm³/mol. The molecule has 0 atom stereocenters. The molecule has 0 spiro atoms. The monoisotopic (exact) mass is 417 g/mol. The molecule has 0 heterocycles. The Balaban J connectivity index is 1.58. The summed E-state index contributed by atoms with van der Waals surface area (Å²) in [5, 5.41) is 10.0. The van der Waals surface area contributed by atoms with Gasteiger partial charge in [0.1, 0.15) is 11.5 Å². The van der Waals surface area contributed by atoms with Gasteiger partial charge in [0, 0.05) is 5.02 Å². The van der Waals surface area contributed by atoms with Crippen molar-refractivity contribution in [3.63, 3.8) is 0 Å². The molecule has 3 aromatic carbocycles. The third-order valence-electron chi connectivity index (χ3n) is 4.39. The minimum Gasteiger partial charge on any atom is -0.482 e. The molecule has 0 saturated heterocycles. The highest BCUT2D eigenvalue weighted by molar-refractivity contribution is 6.30. The number of rotatable bonds is 7. The van der Waals surface area contributed by atoms with Gasteiger partial charge in [0.15, 0.2) is 6.61 Å². The zero-order valence-corrected chi connectivity index (χ0v) is 17.2. The summed E-state index contributed by atoms with van der Waals surface area (Å²) in [5.74, 6) is 0.541. The second kappa shape index (κ2) is 10.3. The van der Waals surface area contributed by atoms with Gasteiger partial charge in [0.25, 0.3) is 0 Å². The molecule has 0 N–H and O–H groups in total. The highest BCUT2D eigenvalue weighted by Gasteiger charge is 2.07. The number of carbonyl (C=O) groups excluding carboxylic acids is 1. The number of nitrogens with zero attached hydrogens (tertiary/aromatic N) is 1. The normalized spacial score (nSPS) is 10.9. The van der Waals surface area contributed by atoms with E-state index in [0.29, 0.717) is 22.1 Å². The summed E-state index contributed by atoms with van der Waals surface area (Å²) in [6, 6.07) is 23.8. The van der Waals surface area contributed by atoms with E-state index in [-0.39, 0.29) is 6.61 Å². The molecule has 0 aromatic heterocycles. The maximum Gasteiger partial charge on any atom is 0.349 e. The number of hydrogen-bond acceptors (Lipinski definition) is 4. The highest BCUT2D eigenvalue weighted by Crippen LogP contribution is 2.21. The number of benzene rings is 3. The zero-order valence-electron chi connectivity index (χ0n) is 16.5. The van der Waals surface area contributed by atoms with Gasteiger partial charge in [-0.15, -0.1) is 0 Å². The van der Waals surface area contributed by atoms with E-state index in [1.807, 2.05) is 24.3 Å². The van der Waals surface area contributed by atoms with Gasteiger partial charge in [-0.25, -0.2) is 4.79 Å². The van der Waals surface area contributed by atoms with E-state index in [2.05, 4.69) is 13.0 Å². The van der Waals surface area contributed by atoms with E-state index in [4.69, 9.17) is 21.1 Å². The van der Waals surface area contributed by atoms with Gasteiger partial charge in [0.2, 0.25) is 0 Å². The smallest absolute Gasteiger partial charge is 0.349 e. The van der Waals surface area contributed by atoms with Gasteiger partial charge in [0.05, 0.1) is 11.6 Å². The van der Waals surface area contributed by atoms with E-state index in [9.17, 15) is 10.1 Å². The van der Waals surface area contributed by atoms with Crippen LogP contribution in [0.2, 0.25) is 5.02 Å². The molecule has 0 aliphatic carbocycles. The molecule has 4 nitrogen and oxygen atoms in total. The number of allylic oxidation sites excluding steroid dienone is 1. The van der Waals surface area contributed by atoms with Crippen LogP contribution in [0.25, 0.3) is 11.6 Å². The van der Waals surface area contributed by atoms with Crippen LogP contribution in [0.3, 0.4) is 0 Å². The lowest BCUT2D eigenvalue weighted by molar-refractivity contribution is -0.136. The minimum atomic E-state index is -0.489. The topological polar surface area (TPSA) is 59.3 Å². The molecular weight excluding hydrogens is 398 g/mol. The molecule has 3 rings (SSSR count). The minimum absolute atomic E-state index is 0.178. The van der Waals surface area contributed by atoms with E-state index in [0.717, 1.165) is 17.5 Å². The number of carbonyl (C=O) groups is 1. The number of nitriles is 1. The molecule has 0 unspecified atom stereocenters. The van der Waals surface area contributed by atoms with Crippen molar-refractivity contribution in [2.75, 3.05) is 6.61 Å². The fourth-order valence-corrected chi connectivity index (χ4v) is 2.86. The summed E-state index contributed by atoms with van der Waals surface area (Å²) >= 11 is 5.90. The number of hydrogen-bond donors (Lipinski definition) is 0. The van der Waals surface area contributed by atoms with Crippen molar-refractivity contribution in [1.82, 2.24) is 0 Å². The zero-order chi connectivity index (χ0) is 21.3. The highest BCUT2D eigenvalue weighted by atomic mass is 35.5. The van der Waals surface area contributed by atoms with Crippen LogP contribution in [0.1, 0.15) is 23.6 Å². The molecule has 30 heavy (non-hydrogen) atoms. The van der Waals surface area contributed by atoms with Crippen LogP contribution in [0.5, 0.6) is 11.5 Å². The van der Waals surface area contributed by atoms with Crippen LogP contribution < -0.4 is 9.47 Å². The van der Waals surface area contributed by atoms with E-state index in [1.165, 1.54) is 5.56 Å². The van der Waals surface area contributed by atoms with Crippen LogP contribution in [-0.4, -0.2) is 12.6 Å². The van der Waals surface area contributed by atoms with Gasteiger partial charge in [-0.3, -0.25) is 0 Å². The first-order valence-corrected chi connectivity index (χ1v) is 9.85. The Morgan fingerprint density at radius 3 is 2.20 bits per heavy atom. The maximum absolute atomic E-state index is 12.0. The summed E-state index contributed by atoms with van der Waals surface area (Å²) in [6.45, 7) is 1.90. The number of esters is 1. The molecule has 3 aromatic rings. The van der Waals surface area contributed by atoms with Gasteiger partial charge in [-0.1, -0.05) is 54.9 Å². The summed E-state index contributed by atoms with van der Waals surface area (Å²) in [6.07, 6.45) is 2.71. The van der Waals surface area contributed by atoms with Gasteiger partial charge < -0.3 is 9.47 Å². The summed E-state index contributed by atoms with van der Waals surface area (Å²) in [4.78, 5) is 12.0. The SMILES string of the molecule is CCc1ccc(OCC(=O)Oc2ccc(/C=C(/C#N)c3ccc(Cl)cc3)cc2)cc1. The standard InChI is InChI=1S/C25H20ClNO3/c1-2-18-3-11-23(12-4-18)29-17-25(28)30-24-13-5-19(6-14-24)15-21(16-27)20-7-9-22(26)10-8-20/h3-15H,2,17H2,1H3/b21-15-. The molecule has 150 valence electrons. The Kier molecular flexibility index (Phi) is 7.26. The van der Waals surface area contributed by atoms with Gasteiger partial charge in [-0.2, -0.15) is 5.26 Å². The Morgan fingerprint density at radius 1 is 0.967 bits per heavy atom. The number of ether oxygens (including phenoxy) is 2. The third kappa shape index (κ3) is 5.97. The lowest BCUT2D eigenvalue weighted by atomic mass is 10.0. The van der Waals surface area contributed by atoms with Gasteiger partial charge >= 0.3 is 5.97 Å². The average Bonchev–Trinajstić information content (AvgIpc) is 2.78. The molecule has 0 aliphatic rings. The van der Waals surface area contributed by atoms with Crippen LogP contribution in [0.15, 0.2) is 72.8 Å². The molecule has 5 heteroatoms. The Morgan fingerprint density at radius 2 is 1.60 bits per heavy atom. The van der Waals surface area contributed by atoms with Crippen LogP contribution in [0, 0.1) is 11.3 Å². The van der Waals surface area contributed by atoms with E-state index >= 15 is 0 Å². The maximum atomic E-state index is 12.0. The average molecular weight is 418 g/mol. The lowest BCUT2D eigenvalue weighted by Gasteiger charge is -2.07. The van der Waals surface area contributed by atoms with Crippen molar-refractivity contribution in [3.8, 4) is 17.6 Å². The first kappa shape index (κ1) is 21.2. The number of aryl methyl sites for hydroxylation is 1. The van der Waals surface area contributed by atoms with Crippen LogP contribution in [0.4, 0.5) is 0 Å². The summed E-state index contributed by atoms with van der Waals surface area (Å²) < 4.78 is 10.8. The van der Waals surface area contributed by atoms with Crippen molar-refractivity contribution in [2.24, 2.45) is 0 Å². The quantitative estimate of drug-likeness (QED) is 0.206. The molecule has 0 saturated carbocycles. The third-order valence-corrected chi connectivity index (χ3v) is 4.64. The lowest BCUT2D eigenvalue weighted by Crippen LogP contribution is -2.17. The molecule has 0 bridgehead atoms. The number of halogens is 1. The predicted octanol–water partition coefficient (Wildman–Crippen LogP) is 5.95. The van der Waals surface area contributed by atoms with Crippen molar-refractivity contribution in [1.29, 1.82) is 5.26 Å². The molecular formula is C25H20ClNO3. The van der Waals surface area contributed by atoms with Crippen molar-refractivity contribution < 1.29 is 14.3 Å². The van der Waals surface area contributed by atoms with Gasteiger partial charge in [-0.05, 0) is 65.6 Å². The van der Waals surface area contributed by atoms with Crippen LogP contribution >= 0.6 is 11.6 Å². The summed E-state index contributed by atoms with van der Waals surface area (Å²) in [5.41, 5.74) is 3.31. The largest absolute Gasteiger partial charge is 0.482 e. The first-order chi connectivity index (χ1) is 14.6. The molecule has 0 amide bonds. The first-order valence-electron chi connectivity index (χ1n) is 9.47. The second-order valence-electron chi connectivity index (χ2n) is 6.51. The van der Waals surface area contributed by atoms with E-state index < -0.39 is 5.97 Å². The van der Waals surface area contributed by atoms with Crippen molar-refractivity contribution >= 4 is 29.2 Å².